The summed E-state index contributed by atoms with van der Waals surface area (Å²) in [6.45, 7) is 3.93. The second-order valence-corrected chi connectivity index (χ2v) is 6.00. The fraction of sp³-hybridized carbons (Fsp3) is 0.176. The largest absolute Gasteiger partial charge is 0.490 e. The Morgan fingerprint density at radius 3 is 2.70 bits per heavy atom. The van der Waals surface area contributed by atoms with E-state index in [1.54, 1.807) is 30.5 Å². The molecule has 0 saturated carbocycles. The average molecular weight is 376 g/mol. The van der Waals surface area contributed by atoms with Crippen LogP contribution in [0.1, 0.15) is 29.8 Å². The van der Waals surface area contributed by atoms with E-state index in [-0.39, 0.29) is 12.0 Å². The van der Waals surface area contributed by atoms with Gasteiger partial charge < -0.3 is 10.5 Å². The quantitative estimate of drug-likeness (QED) is 0.476. The maximum Gasteiger partial charge on any atom is 0.273 e. The Balaban J connectivity index is 2.02. The first kappa shape index (κ1) is 17.0. The van der Waals surface area contributed by atoms with E-state index >= 15 is 0 Å². The van der Waals surface area contributed by atoms with Crippen LogP contribution in [0.4, 0.5) is 5.69 Å². The predicted molar refractivity (Wildman–Crippen MR) is 95.8 cm³/mol. The molecule has 2 aromatic carbocycles. The van der Waals surface area contributed by atoms with Gasteiger partial charge in [-0.2, -0.15) is 5.10 Å². The lowest BCUT2D eigenvalue weighted by molar-refractivity contribution is 0.0956. The number of hydrogen-bond acceptors (Lipinski definition) is 4. The Kier molecular flexibility index (Phi) is 5.76. The molecule has 0 aliphatic carbocycles. The maximum absolute atomic E-state index is 12.0. The summed E-state index contributed by atoms with van der Waals surface area (Å²) < 4.78 is 6.47. The van der Waals surface area contributed by atoms with E-state index in [1.165, 1.54) is 0 Å². The van der Waals surface area contributed by atoms with Crippen molar-refractivity contribution in [2.45, 2.75) is 20.0 Å². The van der Waals surface area contributed by atoms with Crippen molar-refractivity contribution < 1.29 is 9.53 Å². The van der Waals surface area contributed by atoms with Crippen LogP contribution in [0.5, 0.6) is 5.75 Å². The highest BCUT2D eigenvalue weighted by Gasteiger charge is 2.07. The predicted octanol–water partition coefficient (Wildman–Crippen LogP) is 3.58. The number of halogens is 1. The molecule has 1 amide bonds. The molecule has 0 atom stereocenters. The molecule has 0 aromatic heterocycles. The zero-order valence-electron chi connectivity index (χ0n) is 12.9. The Bertz CT molecular complexity index is 730. The highest BCUT2D eigenvalue weighted by Crippen LogP contribution is 2.26. The molecule has 0 saturated heterocycles. The number of nitrogen functional groups attached to an aromatic ring is 1. The number of carbonyl (C=O) groups is 1. The number of carbonyl (C=O) groups excluding carboxylic acids is 1. The van der Waals surface area contributed by atoms with Gasteiger partial charge in [-0.3, -0.25) is 4.79 Å². The van der Waals surface area contributed by atoms with Crippen LogP contribution in [0.3, 0.4) is 0 Å². The number of anilines is 1. The van der Waals surface area contributed by atoms with Crippen LogP contribution in [0, 0.1) is 0 Å². The van der Waals surface area contributed by atoms with Crippen LogP contribution < -0.4 is 15.9 Å². The molecule has 0 aliphatic rings. The van der Waals surface area contributed by atoms with Gasteiger partial charge in [0, 0.05) is 5.69 Å². The summed E-state index contributed by atoms with van der Waals surface area (Å²) in [5.41, 5.74) is 9.84. The molecule has 0 bridgehead atoms. The molecule has 5 nitrogen and oxygen atoms in total. The van der Waals surface area contributed by atoms with Gasteiger partial charge in [-0.25, -0.2) is 5.43 Å². The number of rotatable bonds is 5. The van der Waals surface area contributed by atoms with Crippen molar-refractivity contribution in [2.75, 3.05) is 5.73 Å². The van der Waals surface area contributed by atoms with Gasteiger partial charge in [-0.1, -0.05) is 12.1 Å². The van der Waals surface area contributed by atoms with E-state index in [2.05, 4.69) is 26.5 Å². The summed E-state index contributed by atoms with van der Waals surface area (Å²) in [7, 11) is 0. The summed E-state index contributed by atoms with van der Waals surface area (Å²) in [5, 5.41) is 3.95. The molecule has 2 aromatic rings. The summed E-state index contributed by atoms with van der Waals surface area (Å²) >= 11 is 3.45. The number of para-hydroxylation sites is 1. The maximum atomic E-state index is 12.0. The van der Waals surface area contributed by atoms with E-state index < -0.39 is 0 Å². The highest BCUT2D eigenvalue weighted by atomic mass is 79.9. The van der Waals surface area contributed by atoms with Gasteiger partial charge >= 0.3 is 0 Å². The SMILES string of the molecule is CC(C)Oc1ccc(/C=N\NC(=O)c2ccccc2N)cc1Br. The van der Waals surface area contributed by atoms with Gasteiger partial charge in [-0.05, 0) is 65.7 Å². The van der Waals surface area contributed by atoms with Crippen molar-refractivity contribution in [1.29, 1.82) is 0 Å². The first-order valence-electron chi connectivity index (χ1n) is 7.11. The average Bonchev–Trinajstić information content (AvgIpc) is 2.50. The molecule has 0 aliphatic heterocycles. The molecule has 23 heavy (non-hydrogen) atoms. The van der Waals surface area contributed by atoms with Crippen molar-refractivity contribution in [3.8, 4) is 5.75 Å². The topological polar surface area (TPSA) is 76.7 Å². The van der Waals surface area contributed by atoms with E-state index in [0.717, 1.165) is 15.8 Å². The molecule has 120 valence electrons. The van der Waals surface area contributed by atoms with Crippen LogP contribution in [0.2, 0.25) is 0 Å². The smallest absolute Gasteiger partial charge is 0.273 e. The lowest BCUT2D eigenvalue weighted by atomic mass is 10.2. The van der Waals surface area contributed by atoms with Crippen molar-refractivity contribution in [1.82, 2.24) is 5.43 Å². The Morgan fingerprint density at radius 2 is 2.04 bits per heavy atom. The van der Waals surface area contributed by atoms with Gasteiger partial charge in [0.15, 0.2) is 0 Å². The third-order valence-corrected chi connectivity index (χ3v) is 3.52. The molecule has 0 heterocycles. The normalized spacial score (nSPS) is 11.0. The van der Waals surface area contributed by atoms with E-state index in [1.807, 2.05) is 32.0 Å². The molecule has 6 heteroatoms. The van der Waals surface area contributed by atoms with Crippen molar-refractivity contribution in [2.24, 2.45) is 5.10 Å². The lowest BCUT2D eigenvalue weighted by Gasteiger charge is -2.11. The Labute approximate surface area is 143 Å². The monoisotopic (exact) mass is 375 g/mol. The fourth-order valence-electron chi connectivity index (χ4n) is 1.88. The van der Waals surface area contributed by atoms with Crippen molar-refractivity contribution in [3.63, 3.8) is 0 Å². The lowest BCUT2D eigenvalue weighted by Crippen LogP contribution is -2.19. The minimum absolute atomic E-state index is 0.0986. The van der Waals surface area contributed by atoms with Gasteiger partial charge in [0.25, 0.3) is 5.91 Å². The number of hydrogen-bond donors (Lipinski definition) is 2. The number of hydrazone groups is 1. The number of ether oxygens (including phenoxy) is 1. The standard InChI is InChI=1S/C17H18BrN3O2/c1-11(2)23-16-8-7-12(9-14(16)18)10-20-21-17(22)13-5-3-4-6-15(13)19/h3-11H,19H2,1-2H3,(H,21,22)/b20-10-. The second-order valence-electron chi connectivity index (χ2n) is 5.14. The number of nitrogens with one attached hydrogen (secondary N) is 1. The first-order valence-corrected chi connectivity index (χ1v) is 7.91. The van der Waals surface area contributed by atoms with Crippen LogP contribution in [0.25, 0.3) is 0 Å². The fourth-order valence-corrected chi connectivity index (χ4v) is 2.37. The third-order valence-electron chi connectivity index (χ3n) is 2.90. The highest BCUT2D eigenvalue weighted by molar-refractivity contribution is 9.10. The van der Waals surface area contributed by atoms with Crippen LogP contribution >= 0.6 is 15.9 Å². The molecule has 0 radical (unpaired) electrons. The van der Waals surface area contributed by atoms with Crippen molar-refractivity contribution >= 4 is 33.7 Å². The Hall–Kier alpha value is -2.34. The van der Waals surface area contributed by atoms with Crippen LogP contribution in [-0.2, 0) is 0 Å². The van der Waals surface area contributed by atoms with Gasteiger partial charge in [0.2, 0.25) is 0 Å². The Morgan fingerprint density at radius 1 is 1.30 bits per heavy atom. The van der Waals surface area contributed by atoms with Crippen LogP contribution in [0.15, 0.2) is 52.0 Å². The van der Waals surface area contributed by atoms with Crippen molar-refractivity contribution in [3.05, 3.63) is 58.1 Å². The molecular weight excluding hydrogens is 358 g/mol. The minimum atomic E-state index is -0.349. The zero-order chi connectivity index (χ0) is 16.8. The molecule has 3 N–H and O–H groups in total. The molecule has 0 unspecified atom stereocenters. The molecule has 0 spiro atoms. The first-order chi connectivity index (χ1) is 11.0. The zero-order valence-corrected chi connectivity index (χ0v) is 14.5. The van der Waals surface area contributed by atoms with E-state index in [0.29, 0.717) is 11.3 Å². The second kappa shape index (κ2) is 7.78. The van der Waals surface area contributed by atoms with Gasteiger partial charge in [-0.15, -0.1) is 0 Å². The number of benzene rings is 2. The number of nitrogens with two attached hydrogens (primary N) is 1. The van der Waals surface area contributed by atoms with Crippen LogP contribution in [-0.4, -0.2) is 18.2 Å². The summed E-state index contributed by atoms with van der Waals surface area (Å²) in [4.78, 5) is 12.0. The minimum Gasteiger partial charge on any atom is -0.490 e. The third kappa shape index (κ3) is 4.82. The number of amides is 1. The van der Waals surface area contributed by atoms with E-state index in [4.69, 9.17) is 10.5 Å². The summed E-state index contributed by atoms with van der Waals surface area (Å²) in [5.74, 6) is 0.413. The van der Waals surface area contributed by atoms with E-state index in [9.17, 15) is 4.79 Å². The summed E-state index contributed by atoms with van der Waals surface area (Å²) in [6.07, 6.45) is 1.66. The van der Waals surface area contributed by atoms with Gasteiger partial charge in [0.1, 0.15) is 5.75 Å². The molecule has 0 fully saturated rings. The summed E-state index contributed by atoms with van der Waals surface area (Å²) in [6, 6.07) is 12.4. The van der Waals surface area contributed by atoms with Gasteiger partial charge in [0.05, 0.1) is 22.4 Å². The number of nitrogens with zero attached hydrogens (tertiary/aromatic N) is 1. The molecular formula is C17H18BrN3O2. The molecule has 2 rings (SSSR count).